The third-order valence-electron chi connectivity index (χ3n) is 3.83. The van der Waals surface area contributed by atoms with Crippen LogP contribution < -0.4 is 5.32 Å². The van der Waals surface area contributed by atoms with E-state index in [9.17, 15) is 4.79 Å². The lowest BCUT2D eigenvalue weighted by molar-refractivity contribution is 0.0788. The van der Waals surface area contributed by atoms with Crippen LogP contribution in [0.3, 0.4) is 0 Å². The molecular formula is C15H22N2O. The zero-order chi connectivity index (χ0) is 13.1. The predicted molar refractivity (Wildman–Crippen MR) is 75.0 cm³/mol. The standard InChI is InChI=1S/C15H22N2O/c1-4-12-7-8-17(10-12)15(18)13-9-11(2)5-6-14(13)16-3/h5-6,9,12,16H,4,7-8,10H2,1-3H3. The third-order valence-corrected chi connectivity index (χ3v) is 3.83. The molecule has 1 fully saturated rings. The molecule has 1 N–H and O–H groups in total. The molecule has 0 saturated carbocycles. The van der Waals surface area contributed by atoms with E-state index >= 15 is 0 Å². The van der Waals surface area contributed by atoms with E-state index < -0.39 is 0 Å². The highest BCUT2D eigenvalue weighted by Crippen LogP contribution is 2.24. The Morgan fingerprint density at radius 1 is 1.50 bits per heavy atom. The first-order valence-corrected chi connectivity index (χ1v) is 6.73. The number of benzene rings is 1. The molecule has 0 radical (unpaired) electrons. The molecule has 0 spiro atoms. The maximum absolute atomic E-state index is 12.5. The summed E-state index contributed by atoms with van der Waals surface area (Å²) in [7, 11) is 1.86. The zero-order valence-corrected chi connectivity index (χ0v) is 11.5. The van der Waals surface area contributed by atoms with Crippen molar-refractivity contribution in [2.45, 2.75) is 26.7 Å². The summed E-state index contributed by atoms with van der Waals surface area (Å²) in [6.45, 7) is 6.03. The summed E-state index contributed by atoms with van der Waals surface area (Å²) in [6, 6.07) is 5.99. The molecule has 1 aromatic rings. The summed E-state index contributed by atoms with van der Waals surface area (Å²) in [4.78, 5) is 14.5. The van der Waals surface area contributed by atoms with Crippen molar-refractivity contribution in [1.29, 1.82) is 0 Å². The Kier molecular flexibility index (Phi) is 3.90. The van der Waals surface area contributed by atoms with Crippen molar-refractivity contribution in [1.82, 2.24) is 4.90 Å². The molecule has 1 heterocycles. The molecule has 18 heavy (non-hydrogen) atoms. The highest BCUT2D eigenvalue weighted by Gasteiger charge is 2.26. The molecule has 98 valence electrons. The average molecular weight is 246 g/mol. The van der Waals surface area contributed by atoms with Crippen molar-refractivity contribution < 1.29 is 4.79 Å². The Hall–Kier alpha value is -1.51. The number of nitrogens with one attached hydrogen (secondary N) is 1. The van der Waals surface area contributed by atoms with Gasteiger partial charge in [-0.2, -0.15) is 0 Å². The Morgan fingerprint density at radius 3 is 2.89 bits per heavy atom. The Labute approximate surface area is 109 Å². The largest absolute Gasteiger partial charge is 0.387 e. The number of carbonyl (C=O) groups is 1. The zero-order valence-electron chi connectivity index (χ0n) is 11.5. The van der Waals surface area contributed by atoms with Crippen LogP contribution in [0.4, 0.5) is 5.69 Å². The van der Waals surface area contributed by atoms with Crippen molar-refractivity contribution in [3.05, 3.63) is 29.3 Å². The summed E-state index contributed by atoms with van der Waals surface area (Å²) >= 11 is 0. The quantitative estimate of drug-likeness (QED) is 0.889. The average Bonchev–Trinajstić information content (AvgIpc) is 2.86. The van der Waals surface area contributed by atoms with Crippen molar-refractivity contribution in [2.24, 2.45) is 5.92 Å². The monoisotopic (exact) mass is 246 g/mol. The van der Waals surface area contributed by atoms with E-state index in [0.29, 0.717) is 5.92 Å². The van der Waals surface area contributed by atoms with Gasteiger partial charge in [-0.3, -0.25) is 4.79 Å². The molecule has 3 nitrogen and oxygen atoms in total. The second-order valence-electron chi connectivity index (χ2n) is 5.11. The summed E-state index contributed by atoms with van der Waals surface area (Å²) < 4.78 is 0. The van der Waals surface area contributed by atoms with Crippen LogP contribution in [-0.4, -0.2) is 30.9 Å². The van der Waals surface area contributed by atoms with Gasteiger partial charge in [-0.25, -0.2) is 0 Å². The molecule has 2 rings (SSSR count). The van der Waals surface area contributed by atoms with Crippen LogP contribution in [0.15, 0.2) is 18.2 Å². The van der Waals surface area contributed by atoms with E-state index in [0.717, 1.165) is 42.7 Å². The molecular weight excluding hydrogens is 224 g/mol. The fourth-order valence-corrected chi connectivity index (χ4v) is 2.57. The highest BCUT2D eigenvalue weighted by atomic mass is 16.2. The fourth-order valence-electron chi connectivity index (χ4n) is 2.57. The Balaban J connectivity index is 2.21. The van der Waals surface area contributed by atoms with E-state index in [4.69, 9.17) is 0 Å². The van der Waals surface area contributed by atoms with Crippen LogP contribution in [-0.2, 0) is 0 Å². The Morgan fingerprint density at radius 2 is 2.28 bits per heavy atom. The first-order chi connectivity index (χ1) is 8.65. The number of hydrogen-bond acceptors (Lipinski definition) is 2. The summed E-state index contributed by atoms with van der Waals surface area (Å²) in [5.74, 6) is 0.843. The van der Waals surface area contributed by atoms with Gasteiger partial charge in [0.15, 0.2) is 0 Å². The number of anilines is 1. The second kappa shape index (κ2) is 5.42. The molecule has 0 bridgehead atoms. The van der Waals surface area contributed by atoms with Gasteiger partial charge in [-0.05, 0) is 31.4 Å². The molecule has 1 unspecified atom stereocenters. The molecule has 1 aromatic carbocycles. The van der Waals surface area contributed by atoms with Crippen LogP contribution in [0, 0.1) is 12.8 Å². The lowest BCUT2D eigenvalue weighted by Gasteiger charge is -2.18. The van der Waals surface area contributed by atoms with Gasteiger partial charge in [0, 0.05) is 25.8 Å². The van der Waals surface area contributed by atoms with E-state index in [-0.39, 0.29) is 5.91 Å². The Bertz CT molecular complexity index is 442. The minimum absolute atomic E-state index is 0.166. The minimum Gasteiger partial charge on any atom is -0.387 e. The molecule has 0 aromatic heterocycles. The number of nitrogens with zero attached hydrogens (tertiary/aromatic N) is 1. The minimum atomic E-state index is 0.166. The maximum Gasteiger partial charge on any atom is 0.255 e. The number of aryl methyl sites for hydroxylation is 1. The van der Waals surface area contributed by atoms with Gasteiger partial charge in [0.2, 0.25) is 0 Å². The van der Waals surface area contributed by atoms with E-state index in [1.165, 1.54) is 0 Å². The van der Waals surface area contributed by atoms with Crippen LogP contribution >= 0.6 is 0 Å². The topological polar surface area (TPSA) is 32.3 Å². The number of hydrogen-bond donors (Lipinski definition) is 1. The van der Waals surface area contributed by atoms with E-state index in [1.807, 2.05) is 37.1 Å². The summed E-state index contributed by atoms with van der Waals surface area (Å²) in [5, 5.41) is 3.10. The van der Waals surface area contributed by atoms with Gasteiger partial charge in [-0.15, -0.1) is 0 Å². The van der Waals surface area contributed by atoms with Gasteiger partial charge in [0.05, 0.1) is 5.56 Å². The molecule has 1 atom stereocenters. The lowest BCUT2D eigenvalue weighted by Crippen LogP contribution is -2.29. The van der Waals surface area contributed by atoms with Gasteiger partial charge >= 0.3 is 0 Å². The van der Waals surface area contributed by atoms with Crippen LogP contribution in [0.25, 0.3) is 0 Å². The van der Waals surface area contributed by atoms with Gasteiger partial charge in [0.1, 0.15) is 0 Å². The second-order valence-corrected chi connectivity index (χ2v) is 5.11. The molecule has 1 saturated heterocycles. The van der Waals surface area contributed by atoms with Crippen molar-refractivity contribution in [3.63, 3.8) is 0 Å². The van der Waals surface area contributed by atoms with Gasteiger partial charge in [0.25, 0.3) is 5.91 Å². The third kappa shape index (κ3) is 2.50. The van der Waals surface area contributed by atoms with Gasteiger partial charge < -0.3 is 10.2 Å². The highest BCUT2D eigenvalue weighted by molar-refractivity contribution is 6.00. The molecule has 0 aliphatic carbocycles. The number of rotatable bonds is 3. The lowest BCUT2D eigenvalue weighted by atomic mass is 10.1. The molecule has 1 aliphatic heterocycles. The summed E-state index contributed by atoms with van der Waals surface area (Å²) in [5.41, 5.74) is 2.85. The van der Waals surface area contributed by atoms with Crippen LogP contribution in [0.1, 0.15) is 35.7 Å². The first kappa shape index (κ1) is 12.9. The SMILES string of the molecule is CCC1CCN(C(=O)c2cc(C)ccc2NC)C1. The van der Waals surface area contributed by atoms with Crippen molar-refractivity contribution in [3.8, 4) is 0 Å². The predicted octanol–water partition coefficient (Wildman–Crippen LogP) is 2.91. The summed E-state index contributed by atoms with van der Waals surface area (Å²) in [6.07, 6.45) is 2.30. The fraction of sp³-hybridized carbons (Fsp3) is 0.533. The smallest absolute Gasteiger partial charge is 0.255 e. The maximum atomic E-state index is 12.5. The van der Waals surface area contributed by atoms with E-state index in [1.54, 1.807) is 0 Å². The van der Waals surface area contributed by atoms with Gasteiger partial charge in [-0.1, -0.05) is 25.0 Å². The first-order valence-electron chi connectivity index (χ1n) is 6.73. The molecule has 1 amide bonds. The van der Waals surface area contributed by atoms with E-state index in [2.05, 4.69) is 12.2 Å². The van der Waals surface area contributed by atoms with Crippen LogP contribution in [0.2, 0.25) is 0 Å². The molecule has 3 heteroatoms. The van der Waals surface area contributed by atoms with Crippen molar-refractivity contribution in [2.75, 3.05) is 25.5 Å². The molecule has 1 aliphatic rings. The normalized spacial score (nSPS) is 19.1. The number of carbonyl (C=O) groups excluding carboxylic acids is 1. The number of likely N-dealkylation sites (tertiary alicyclic amines) is 1. The number of amides is 1. The van der Waals surface area contributed by atoms with Crippen molar-refractivity contribution >= 4 is 11.6 Å². The van der Waals surface area contributed by atoms with Crippen LogP contribution in [0.5, 0.6) is 0 Å².